The molecule has 1 aromatic carbocycles. The molecule has 0 radical (unpaired) electrons. The standard InChI is InChI=1S/C13H19NO2/c1-13(2,3)10-7-5-6-9(11(15)8-14)12(10)16-4/h5-7H,8,14H2,1-4H3. The van der Waals surface area contributed by atoms with E-state index in [0.717, 1.165) is 5.56 Å². The Labute approximate surface area is 96.6 Å². The van der Waals surface area contributed by atoms with Crippen molar-refractivity contribution in [1.29, 1.82) is 0 Å². The van der Waals surface area contributed by atoms with E-state index >= 15 is 0 Å². The van der Waals surface area contributed by atoms with Crippen LogP contribution >= 0.6 is 0 Å². The van der Waals surface area contributed by atoms with Crippen LogP contribution in [-0.2, 0) is 5.41 Å². The summed E-state index contributed by atoms with van der Waals surface area (Å²) >= 11 is 0. The van der Waals surface area contributed by atoms with Gasteiger partial charge in [0, 0.05) is 5.56 Å². The normalized spacial score (nSPS) is 11.3. The van der Waals surface area contributed by atoms with E-state index in [1.165, 1.54) is 0 Å². The van der Waals surface area contributed by atoms with Gasteiger partial charge in [-0.2, -0.15) is 0 Å². The molecule has 0 aliphatic heterocycles. The Morgan fingerprint density at radius 3 is 2.44 bits per heavy atom. The Morgan fingerprint density at radius 1 is 1.38 bits per heavy atom. The monoisotopic (exact) mass is 221 g/mol. The number of ether oxygens (including phenoxy) is 1. The van der Waals surface area contributed by atoms with Gasteiger partial charge in [0.25, 0.3) is 0 Å². The second-order valence-corrected chi connectivity index (χ2v) is 4.76. The molecule has 1 aromatic rings. The molecule has 88 valence electrons. The van der Waals surface area contributed by atoms with E-state index < -0.39 is 0 Å². The predicted molar refractivity (Wildman–Crippen MR) is 65.1 cm³/mol. The Balaban J connectivity index is 3.38. The first-order chi connectivity index (χ1) is 7.41. The lowest BCUT2D eigenvalue weighted by molar-refractivity contribution is 0.0998. The summed E-state index contributed by atoms with van der Waals surface area (Å²) in [6.07, 6.45) is 0. The zero-order valence-corrected chi connectivity index (χ0v) is 10.3. The van der Waals surface area contributed by atoms with E-state index in [0.29, 0.717) is 11.3 Å². The van der Waals surface area contributed by atoms with Crippen molar-refractivity contribution in [3.05, 3.63) is 29.3 Å². The molecular formula is C13H19NO2. The van der Waals surface area contributed by atoms with E-state index in [2.05, 4.69) is 20.8 Å². The molecule has 0 aliphatic rings. The van der Waals surface area contributed by atoms with E-state index in [1.807, 2.05) is 12.1 Å². The smallest absolute Gasteiger partial charge is 0.180 e. The second-order valence-electron chi connectivity index (χ2n) is 4.76. The molecular weight excluding hydrogens is 202 g/mol. The number of rotatable bonds is 3. The van der Waals surface area contributed by atoms with Crippen LogP contribution in [0.1, 0.15) is 36.7 Å². The summed E-state index contributed by atoms with van der Waals surface area (Å²) in [5.41, 5.74) is 6.91. The average molecular weight is 221 g/mol. The fourth-order valence-corrected chi connectivity index (χ4v) is 1.68. The van der Waals surface area contributed by atoms with Gasteiger partial charge in [0.2, 0.25) is 0 Å². The fourth-order valence-electron chi connectivity index (χ4n) is 1.68. The number of ketones is 1. The van der Waals surface area contributed by atoms with Crippen LogP contribution in [0.3, 0.4) is 0 Å². The highest BCUT2D eigenvalue weighted by atomic mass is 16.5. The van der Waals surface area contributed by atoms with Crippen LogP contribution in [-0.4, -0.2) is 19.4 Å². The Bertz CT molecular complexity index is 391. The number of benzene rings is 1. The summed E-state index contributed by atoms with van der Waals surface area (Å²) in [6, 6.07) is 5.60. The molecule has 0 aromatic heterocycles. The van der Waals surface area contributed by atoms with Crippen molar-refractivity contribution in [3.63, 3.8) is 0 Å². The van der Waals surface area contributed by atoms with E-state index in [4.69, 9.17) is 10.5 Å². The van der Waals surface area contributed by atoms with Crippen LogP contribution in [0.15, 0.2) is 18.2 Å². The number of Topliss-reactive ketones (excluding diaryl/α,β-unsaturated/α-hetero) is 1. The summed E-state index contributed by atoms with van der Waals surface area (Å²) < 4.78 is 5.35. The summed E-state index contributed by atoms with van der Waals surface area (Å²) in [5, 5.41) is 0. The van der Waals surface area contributed by atoms with Gasteiger partial charge in [0.1, 0.15) is 5.75 Å². The molecule has 0 spiro atoms. The molecule has 0 unspecified atom stereocenters. The van der Waals surface area contributed by atoms with Gasteiger partial charge in [0.15, 0.2) is 5.78 Å². The van der Waals surface area contributed by atoms with Gasteiger partial charge in [0.05, 0.1) is 19.2 Å². The van der Waals surface area contributed by atoms with Crippen LogP contribution in [0.25, 0.3) is 0 Å². The lowest BCUT2D eigenvalue weighted by Crippen LogP contribution is -2.18. The molecule has 2 N–H and O–H groups in total. The van der Waals surface area contributed by atoms with E-state index in [9.17, 15) is 4.79 Å². The first kappa shape index (κ1) is 12.7. The van der Waals surface area contributed by atoms with Gasteiger partial charge in [-0.3, -0.25) is 4.79 Å². The summed E-state index contributed by atoms with van der Waals surface area (Å²) in [7, 11) is 1.58. The Hall–Kier alpha value is -1.35. The van der Waals surface area contributed by atoms with Crippen molar-refractivity contribution in [2.75, 3.05) is 13.7 Å². The lowest BCUT2D eigenvalue weighted by atomic mass is 9.84. The van der Waals surface area contributed by atoms with Crippen LogP contribution in [0, 0.1) is 0 Å². The van der Waals surface area contributed by atoms with E-state index in [-0.39, 0.29) is 17.7 Å². The Morgan fingerprint density at radius 2 is 2.00 bits per heavy atom. The van der Waals surface area contributed by atoms with Gasteiger partial charge in [-0.1, -0.05) is 32.9 Å². The molecule has 0 amide bonds. The largest absolute Gasteiger partial charge is 0.496 e. The topological polar surface area (TPSA) is 52.3 Å². The zero-order valence-electron chi connectivity index (χ0n) is 10.3. The van der Waals surface area contributed by atoms with Gasteiger partial charge in [-0.25, -0.2) is 0 Å². The average Bonchev–Trinajstić information content (AvgIpc) is 2.25. The minimum atomic E-state index is -0.0945. The third-order valence-electron chi connectivity index (χ3n) is 2.51. The van der Waals surface area contributed by atoms with Gasteiger partial charge < -0.3 is 10.5 Å². The molecule has 16 heavy (non-hydrogen) atoms. The highest BCUT2D eigenvalue weighted by molar-refractivity contribution is 6.00. The first-order valence-electron chi connectivity index (χ1n) is 5.32. The van der Waals surface area contributed by atoms with Crippen molar-refractivity contribution < 1.29 is 9.53 Å². The molecule has 0 saturated carbocycles. The predicted octanol–water partition coefficient (Wildman–Crippen LogP) is 2.13. The van der Waals surface area contributed by atoms with Crippen LogP contribution in [0.4, 0.5) is 0 Å². The molecule has 0 fully saturated rings. The molecule has 3 nitrogen and oxygen atoms in total. The molecule has 0 atom stereocenters. The highest BCUT2D eigenvalue weighted by Gasteiger charge is 2.22. The SMILES string of the molecule is COc1c(C(=O)CN)cccc1C(C)(C)C. The minimum absolute atomic E-state index is 0.00392. The third kappa shape index (κ3) is 2.42. The molecule has 0 bridgehead atoms. The quantitative estimate of drug-likeness (QED) is 0.795. The van der Waals surface area contributed by atoms with Gasteiger partial charge in [-0.15, -0.1) is 0 Å². The minimum Gasteiger partial charge on any atom is -0.496 e. The maximum Gasteiger partial charge on any atom is 0.180 e. The number of carbonyl (C=O) groups is 1. The van der Waals surface area contributed by atoms with Crippen LogP contribution < -0.4 is 10.5 Å². The number of carbonyl (C=O) groups excluding carboxylic acids is 1. The maximum absolute atomic E-state index is 11.7. The van der Waals surface area contributed by atoms with Gasteiger partial charge >= 0.3 is 0 Å². The van der Waals surface area contributed by atoms with Crippen molar-refractivity contribution in [2.45, 2.75) is 26.2 Å². The van der Waals surface area contributed by atoms with Crippen LogP contribution in [0.5, 0.6) is 5.75 Å². The molecule has 1 rings (SSSR count). The fraction of sp³-hybridized carbons (Fsp3) is 0.462. The maximum atomic E-state index is 11.7. The van der Waals surface area contributed by atoms with E-state index in [1.54, 1.807) is 13.2 Å². The van der Waals surface area contributed by atoms with Gasteiger partial charge in [-0.05, 0) is 11.5 Å². The lowest BCUT2D eigenvalue weighted by Gasteiger charge is -2.23. The number of methoxy groups -OCH3 is 1. The summed E-state index contributed by atoms with van der Waals surface area (Å²) in [5.74, 6) is 0.549. The molecule has 0 heterocycles. The first-order valence-corrected chi connectivity index (χ1v) is 5.32. The third-order valence-corrected chi connectivity index (χ3v) is 2.51. The van der Waals surface area contributed by atoms with Crippen molar-refractivity contribution in [1.82, 2.24) is 0 Å². The number of para-hydroxylation sites is 1. The molecule has 3 heteroatoms. The number of nitrogens with two attached hydrogens (primary N) is 1. The molecule has 0 saturated heterocycles. The Kier molecular flexibility index (Phi) is 3.70. The van der Waals surface area contributed by atoms with Crippen LogP contribution in [0.2, 0.25) is 0 Å². The number of hydrogen-bond acceptors (Lipinski definition) is 3. The summed E-state index contributed by atoms with van der Waals surface area (Å²) in [6.45, 7) is 6.26. The van der Waals surface area contributed by atoms with Crippen molar-refractivity contribution in [2.24, 2.45) is 5.73 Å². The number of hydrogen-bond donors (Lipinski definition) is 1. The van der Waals surface area contributed by atoms with Crippen molar-refractivity contribution in [3.8, 4) is 5.75 Å². The summed E-state index contributed by atoms with van der Waals surface area (Å²) in [4.78, 5) is 11.7. The molecule has 0 aliphatic carbocycles. The highest BCUT2D eigenvalue weighted by Crippen LogP contribution is 2.33. The second kappa shape index (κ2) is 4.66. The van der Waals surface area contributed by atoms with Crippen molar-refractivity contribution >= 4 is 5.78 Å². The zero-order chi connectivity index (χ0) is 12.3.